The molecule has 0 fully saturated rings. The maximum atomic E-state index is 10.6. The summed E-state index contributed by atoms with van der Waals surface area (Å²) in [5, 5.41) is 11.7. The van der Waals surface area contributed by atoms with Crippen LogP contribution in [0.5, 0.6) is 5.75 Å². The maximum Gasteiger partial charge on any atom is 0.143 e. The van der Waals surface area contributed by atoms with E-state index in [-0.39, 0.29) is 0 Å². The molecule has 1 aromatic carbocycles. The Balaban J connectivity index is 2.11. The van der Waals surface area contributed by atoms with Crippen LogP contribution in [0, 0.1) is 6.92 Å². The Hall–Kier alpha value is -2.46. The number of methoxy groups -OCH3 is 1. The summed E-state index contributed by atoms with van der Waals surface area (Å²) >= 11 is 0. The van der Waals surface area contributed by atoms with Gasteiger partial charge in [-0.05, 0) is 36.8 Å². The minimum Gasteiger partial charge on any atom is -0.495 e. The fraction of sp³-hybridized carbons (Fsp3) is 0.176. The monoisotopic (exact) mass is 280 g/mol. The van der Waals surface area contributed by atoms with Gasteiger partial charge in [0.2, 0.25) is 0 Å². The number of ether oxygens (including phenoxy) is 1. The summed E-state index contributed by atoms with van der Waals surface area (Å²) in [6.07, 6.45) is 0.721. The fourth-order valence-electron chi connectivity index (χ4n) is 2.44. The lowest BCUT2D eigenvalue weighted by atomic mass is 10.0. The number of rotatable bonds is 3. The van der Waals surface area contributed by atoms with E-state index in [9.17, 15) is 5.11 Å². The van der Waals surface area contributed by atoms with Gasteiger partial charge in [-0.25, -0.2) is 4.98 Å². The Kier molecular flexibility index (Phi) is 3.54. The topological polar surface area (TPSA) is 55.2 Å². The molecular formula is C17H16N2O2. The molecule has 0 saturated carbocycles. The van der Waals surface area contributed by atoms with Crippen LogP contribution in [0.15, 0.2) is 48.7 Å². The molecule has 106 valence electrons. The van der Waals surface area contributed by atoms with E-state index in [1.807, 2.05) is 37.3 Å². The first kappa shape index (κ1) is 13.5. The molecule has 0 aliphatic rings. The third-order valence-electron chi connectivity index (χ3n) is 3.50. The zero-order chi connectivity index (χ0) is 14.8. The van der Waals surface area contributed by atoms with Gasteiger partial charge in [0.05, 0.1) is 18.3 Å². The van der Waals surface area contributed by atoms with Gasteiger partial charge in [-0.3, -0.25) is 4.98 Å². The van der Waals surface area contributed by atoms with Crippen molar-refractivity contribution < 1.29 is 9.84 Å². The average Bonchev–Trinajstić information content (AvgIpc) is 2.54. The molecule has 1 atom stereocenters. The molecule has 0 bridgehead atoms. The number of aryl methyl sites for hydroxylation is 1. The van der Waals surface area contributed by atoms with Crippen LogP contribution in [0.2, 0.25) is 0 Å². The lowest BCUT2D eigenvalue weighted by Crippen LogP contribution is -2.07. The molecule has 0 saturated heterocycles. The smallest absolute Gasteiger partial charge is 0.143 e. The number of aliphatic hydroxyl groups is 1. The van der Waals surface area contributed by atoms with Crippen molar-refractivity contribution in [2.75, 3.05) is 7.11 Å². The van der Waals surface area contributed by atoms with E-state index in [2.05, 4.69) is 9.97 Å². The van der Waals surface area contributed by atoms with E-state index < -0.39 is 6.10 Å². The molecule has 1 N–H and O–H groups in total. The van der Waals surface area contributed by atoms with Crippen molar-refractivity contribution in [1.82, 2.24) is 9.97 Å². The summed E-state index contributed by atoms with van der Waals surface area (Å²) in [6, 6.07) is 13.3. The predicted octanol–water partition coefficient (Wildman–Crippen LogP) is 3.03. The molecule has 2 heterocycles. The third kappa shape index (κ3) is 2.45. The second kappa shape index (κ2) is 5.50. The molecule has 0 aliphatic carbocycles. The molecule has 2 aromatic heterocycles. The number of hydrogen-bond acceptors (Lipinski definition) is 4. The van der Waals surface area contributed by atoms with Gasteiger partial charge in [0.15, 0.2) is 0 Å². The number of aliphatic hydroxyl groups excluding tert-OH is 1. The van der Waals surface area contributed by atoms with Crippen LogP contribution in [0.3, 0.4) is 0 Å². The molecule has 0 aliphatic heterocycles. The molecule has 0 spiro atoms. The molecule has 4 heteroatoms. The van der Waals surface area contributed by atoms with E-state index in [1.165, 1.54) is 0 Å². The number of hydrogen-bond donors (Lipinski definition) is 1. The number of para-hydroxylation sites is 1. The van der Waals surface area contributed by atoms with Crippen LogP contribution in [0.1, 0.15) is 23.1 Å². The van der Waals surface area contributed by atoms with Gasteiger partial charge in [-0.2, -0.15) is 0 Å². The quantitative estimate of drug-likeness (QED) is 0.801. The minimum absolute atomic E-state index is 0.474. The second-order valence-corrected chi connectivity index (χ2v) is 4.87. The van der Waals surface area contributed by atoms with Crippen LogP contribution in [0.4, 0.5) is 0 Å². The van der Waals surface area contributed by atoms with E-state index in [1.54, 1.807) is 25.4 Å². The normalized spacial score (nSPS) is 12.3. The van der Waals surface area contributed by atoms with Crippen LogP contribution >= 0.6 is 0 Å². The van der Waals surface area contributed by atoms with Crippen LogP contribution in [0.25, 0.3) is 10.9 Å². The molecule has 0 amide bonds. The van der Waals surface area contributed by atoms with Gasteiger partial charge in [-0.1, -0.05) is 18.2 Å². The van der Waals surface area contributed by atoms with Crippen LogP contribution in [-0.4, -0.2) is 22.2 Å². The molecule has 4 nitrogen and oxygen atoms in total. The zero-order valence-corrected chi connectivity index (χ0v) is 11.9. The van der Waals surface area contributed by atoms with Gasteiger partial charge >= 0.3 is 0 Å². The molecule has 1 unspecified atom stereocenters. The summed E-state index contributed by atoms with van der Waals surface area (Å²) in [5.41, 5.74) is 2.98. The third-order valence-corrected chi connectivity index (χ3v) is 3.50. The molecule has 21 heavy (non-hydrogen) atoms. The Labute approximate surface area is 123 Å². The summed E-state index contributed by atoms with van der Waals surface area (Å²) in [6.45, 7) is 2.01. The number of benzene rings is 1. The molecular weight excluding hydrogens is 264 g/mol. The van der Waals surface area contributed by atoms with Crippen LogP contribution in [-0.2, 0) is 0 Å². The van der Waals surface area contributed by atoms with Crippen molar-refractivity contribution >= 4 is 10.9 Å². The SMILES string of the molecule is COc1cccnc1C(O)c1cc(C)c2ccccc2n1. The first-order chi connectivity index (χ1) is 10.2. The molecule has 0 radical (unpaired) electrons. The number of nitrogens with zero attached hydrogens (tertiary/aromatic N) is 2. The van der Waals surface area contributed by atoms with Crippen molar-refractivity contribution in [2.24, 2.45) is 0 Å². The van der Waals surface area contributed by atoms with E-state index in [0.29, 0.717) is 17.1 Å². The summed E-state index contributed by atoms with van der Waals surface area (Å²) < 4.78 is 5.26. The second-order valence-electron chi connectivity index (χ2n) is 4.87. The largest absolute Gasteiger partial charge is 0.495 e. The average molecular weight is 280 g/mol. The predicted molar refractivity (Wildman–Crippen MR) is 81.3 cm³/mol. The summed E-state index contributed by atoms with van der Waals surface area (Å²) in [5.74, 6) is 0.553. The first-order valence-corrected chi connectivity index (χ1v) is 6.74. The fourth-order valence-corrected chi connectivity index (χ4v) is 2.44. The lowest BCUT2D eigenvalue weighted by Gasteiger charge is -2.14. The lowest BCUT2D eigenvalue weighted by molar-refractivity contribution is 0.205. The first-order valence-electron chi connectivity index (χ1n) is 6.74. The van der Waals surface area contributed by atoms with E-state index in [0.717, 1.165) is 16.5 Å². The Morgan fingerprint density at radius 1 is 1.14 bits per heavy atom. The Morgan fingerprint density at radius 3 is 2.76 bits per heavy atom. The number of aromatic nitrogens is 2. The van der Waals surface area contributed by atoms with Crippen LogP contribution < -0.4 is 4.74 Å². The van der Waals surface area contributed by atoms with Gasteiger partial charge in [0.25, 0.3) is 0 Å². The van der Waals surface area contributed by atoms with Crippen molar-refractivity contribution in [3.8, 4) is 5.75 Å². The van der Waals surface area contributed by atoms with Gasteiger partial charge in [-0.15, -0.1) is 0 Å². The Bertz CT molecular complexity index is 787. The van der Waals surface area contributed by atoms with Crippen molar-refractivity contribution in [3.05, 3.63) is 65.6 Å². The highest BCUT2D eigenvalue weighted by Crippen LogP contribution is 2.29. The summed E-state index contributed by atoms with van der Waals surface area (Å²) in [7, 11) is 1.56. The van der Waals surface area contributed by atoms with Crippen molar-refractivity contribution in [2.45, 2.75) is 13.0 Å². The van der Waals surface area contributed by atoms with Gasteiger partial charge in [0.1, 0.15) is 17.5 Å². The van der Waals surface area contributed by atoms with Crippen molar-refractivity contribution in [1.29, 1.82) is 0 Å². The van der Waals surface area contributed by atoms with E-state index in [4.69, 9.17) is 4.74 Å². The van der Waals surface area contributed by atoms with Gasteiger partial charge < -0.3 is 9.84 Å². The Morgan fingerprint density at radius 2 is 1.95 bits per heavy atom. The minimum atomic E-state index is -0.913. The number of pyridine rings is 2. The van der Waals surface area contributed by atoms with Crippen molar-refractivity contribution in [3.63, 3.8) is 0 Å². The highest BCUT2D eigenvalue weighted by atomic mass is 16.5. The van der Waals surface area contributed by atoms with E-state index >= 15 is 0 Å². The number of fused-ring (bicyclic) bond motifs is 1. The maximum absolute atomic E-state index is 10.6. The molecule has 3 aromatic rings. The summed E-state index contributed by atoms with van der Waals surface area (Å²) in [4.78, 5) is 8.76. The van der Waals surface area contributed by atoms with Gasteiger partial charge in [0, 0.05) is 11.6 Å². The molecule has 3 rings (SSSR count). The highest BCUT2D eigenvalue weighted by Gasteiger charge is 2.19. The highest BCUT2D eigenvalue weighted by molar-refractivity contribution is 5.82. The standard InChI is InChI=1S/C17H16N2O2/c1-11-10-14(19-13-7-4-3-6-12(11)13)17(20)16-15(21-2)8-5-9-18-16/h3-10,17,20H,1-2H3. The zero-order valence-electron chi connectivity index (χ0n) is 11.9.